The quantitative estimate of drug-likeness (QED) is 0.441. The minimum absolute atomic E-state index is 0.0488. The number of hydrogen-bond donors (Lipinski definition) is 3. The van der Waals surface area contributed by atoms with Crippen LogP contribution in [0.2, 0.25) is 0 Å². The van der Waals surface area contributed by atoms with E-state index in [1.165, 1.54) is 23.1 Å². The Morgan fingerprint density at radius 3 is 2.70 bits per heavy atom. The molecule has 0 bridgehead atoms. The zero-order valence-corrected chi connectivity index (χ0v) is 17.5. The van der Waals surface area contributed by atoms with Crippen LogP contribution in [0.5, 0.6) is 5.75 Å². The molecule has 0 radical (unpaired) electrons. The minimum Gasteiger partial charge on any atom is -0.491 e. The standard InChI is InChI=1S/C19H22N4O6S/c1-10-6-4-5-7-13(10)29-9-12(24)8-23-14-15(22(3)18(28)21-16(14)25)20-19(23)30-11(2)17(26)27/h4-7,11-12,24H,8-9H2,1-3H3,(H,26,27)(H,21,25,28)/t11-,12-/m0/s1. The molecule has 160 valence electrons. The zero-order valence-electron chi connectivity index (χ0n) is 16.7. The Balaban J connectivity index is 1.95. The summed E-state index contributed by atoms with van der Waals surface area (Å²) in [5.74, 6) is -0.425. The highest BCUT2D eigenvalue weighted by Crippen LogP contribution is 2.26. The Kier molecular flexibility index (Phi) is 6.32. The molecule has 0 fully saturated rings. The van der Waals surface area contributed by atoms with Gasteiger partial charge >= 0.3 is 11.7 Å². The van der Waals surface area contributed by atoms with Gasteiger partial charge in [0.2, 0.25) is 0 Å². The maximum absolute atomic E-state index is 12.4. The summed E-state index contributed by atoms with van der Waals surface area (Å²) >= 11 is 0.918. The van der Waals surface area contributed by atoms with Gasteiger partial charge in [-0.1, -0.05) is 30.0 Å². The number of ether oxygens (including phenoxy) is 1. The molecule has 2 atom stereocenters. The molecule has 2 aromatic heterocycles. The van der Waals surface area contributed by atoms with E-state index in [-0.39, 0.29) is 29.5 Å². The maximum atomic E-state index is 12.4. The van der Waals surface area contributed by atoms with Crippen molar-refractivity contribution in [2.75, 3.05) is 6.61 Å². The van der Waals surface area contributed by atoms with Gasteiger partial charge in [-0.05, 0) is 25.5 Å². The summed E-state index contributed by atoms with van der Waals surface area (Å²) < 4.78 is 8.25. The van der Waals surface area contributed by atoms with Crippen LogP contribution in [0.1, 0.15) is 12.5 Å². The molecule has 3 N–H and O–H groups in total. The Labute approximate surface area is 175 Å². The van der Waals surface area contributed by atoms with Crippen LogP contribution in [0.3, 0.4) is 0 Å². The van der Waals surface area contributed by atoms with Gasteiger partial charge in [0.15, 0.2) is 16.3 Å². The van der Waals surface area contributed by atoms with Crippen molar-refractivity contribution in [3.05, 3.63) is 50.7 Å². The van der Waals surface area contributed by atoms with Crippen LogP contribution in [-0.4, -0.2) is 53.2 Å². The number of hydrogen-bond acceptors (Lipinski definition) is 7. The van der Waals surface area contributed by atoms with E-state index in [1.807, 2.05) is 25.1 Å². The number of aryl methyl sites for hydroxylation is 2. The number of carboxylic acid groups (broad SMARTS) is 1. The minimum atomic E-state index is -1.05. The molecule has 2 heterocycles. The molecule has 0 aliphatic heterocycles. The Morgan fingerprint density at radius 1 is 1.33 bits per heavy atom. The first-order valence-corrected chi connectivity index (χ1v) is 10.0. The molecular weight excluding hydrogens is 412 g/mol. The number of para-hydroxylation sites is 1. The fraction of sp³-hybridized carbons (Fsp3) is 0.368. The van der Waals surface area contributed by atoms with Crippen molar-refractivity contribution in [2.24, 2.45) is 7.05 Å². The Hall–Kier alpha value is -3.05. The number of H-pyrrole nitrogens is 1. The molecule has 0 amide bonds. The number of carbonyl (C=O) groups is 1. The lowest BCUT2D eigenvalue weighted by Crippen LogP contribution is -2.31. The van der Waals surface area contributed by atoms with Gasteiger partial charge in [0.05, 0.1) is 6.54 Å². The first-order valence-electron chi connectivity index (χ1n) is 9.14. The van der Waals surface area contributed by atoms with Crippen LogP contribution in [0.4, 0.5) is 0 Å². The third-order valence-electron chi connectivity index (χ3n) is 4.52. The molecule has 11 heteroatoms. The highest BCUT2D eigenvalue weighted by atomic mass is 32.2. The monoisotopic (exact) mass is 434 g/mol. The average molecular weight is 434 g/mol. The molecular formula is C19H22N4O6S. The van der Waals surface area contributed by atoms with Gasteiger partial charge in [0.25, 0.3) is 5.56 Å². The molecule has 0 aliphatic rings. The number of fused-ring (bicyclic) bond motifs is 1. The van der Waals surface area contributed by atoms with E-state index in [0.717, 1.165) is 17.3 Å². The lowest BCUT2D eigenvalue weighted by Gasteiger charge is -2.16. The van der Waals surface area contributed by atoms with Crippen molar-refractivity contribution < 1.29 is 19.7 Å². The number of benzene rings is 1. The van der Waals surface area contributed by atoms with Crippen LogP contribution in [0.15, 0.2) is 39.0 Å². The fourth-order valence-electron chi connectivity index (χ4n) is 2.85. The first-order chi connectivity index (χ1) is 14.2. The van der Waals surface area contributed by atoms with Gasteiger partial charge in [-0.3, -0.25) is 19.1 Å². The molecule has 0 saturated heterocycles. The summed E-state index contributed by atoms with van der Waals surface area (Å²) in [4.78, 5) is 42.1. The smallest absolute Gasteiger partial charge is 0.329 e. The van der Waals surface area contributed by atoms with Gasteiger partial charge in [-0.2, -0.15) is 0 Å². The molecule has 0 spiro atoms. The van der Waals surface area contributed by atoms with E-state index in [2.05, 4.69) is 9.97 Å². The van der Waals surface area contributed by atoms with Crippen LogP contribution in [0.25, 0.3) is 11.2 Å². The van der Waals surface area contributed by atoms with Crippen LogP contribution in [-0.2, 0) is 18.4 Å². The van der Waals surface area contributed by atoms with Crippen molar-refractivity contribution in [1.29, 1.82) is 0 Å². The SMILES string of the molecule is Cc1ccccc1OC[C@@H](O)Cn1c(S[C@@H](C)C(=O)O)nc2c1c(=O)[nH]c(=O)n2C. The van der Waals surface area contributed by atoms with E-state index in [1.54, 1.807) is 6.07 Å². The molecule has 0 unspecified atom stereocenters. The summed E-state index contributed by atoms with van der Waals surface area (Å²) in [6.07, 6.45) is -1.02. The second-order valence-electron chi connectivity index (χ2n) is 6.82. The Bertz CT molecular complexity index is 1200. The van der Waals surface area contributed by atoms with Crippen molar-refractivity contribution in [2.45, 2.75) is 36.9 Å². The van der Waals surface area contributed by atoms with Gasteiger partial charge in [-0.25, -0.2) is 9.78 Å². The number of aliphatic carboxylic acids is 1. The summed E-state index contributed by atoms with van der Waals surface area (Å²) in [5, 5.41) is 19.1. The third kappa shape index (κ3) is 4.41. The molecule has 0 saturated carbocycles. The number of carboxylic acids is 1. The van der Waals surface area contributed by atoms with E-state index in [9.17, 15) is 24.6 Å². The zero-order chi connectivity index (χ0) is 22.0. The number of thioether (sulfide) groups is 1. The topological polar surface area (TPSA) is 139 Å². The average Bonchev–Trinajstić information content (AvgIpc) is 3.04. The Morgan fingerprint density at radius 2 is 2.03 bits per heavy atom. The predicted octanol–water partition coefficient (Wildman–Crippen LogP) is 0.737. The first kappa shape index (κ1) is 21.7. The molecule has 1 aromatic carbocycles. The highest BCUT2D eigenvalue weighted by molar-refractivity contribution is 8.00. The van der Waals surface area contributed by atoms with E-state index in [4.69, 9.17) is 4.74 Å². The number of nitrogens with one attached hydrogen (secondary N) is 1. The summed E-state index contributed by atoms with van der Waals surface area (Å²) in [7, 11) is 1.45. The number of nitrogens with zero attached hydrogens (tertiary/aromatic N) is 3. The van der Waals surface area contributed by atoms with Crippen molar-refractivity contribution in [3.8, 4) is 5.75 Å². The third-order valence-corrected chi connectivity index (χ3v) is 5.60. The number of imidazole rings is 1. The van der Waals surface area contributed by atoms with Crippen molar-refractivity contribution in [1.82, 2.24) is 19.1 Å². The maximum Gasteiger partial charge on any atom is 0.329 e. The number of aromatic nitrogens is 4. The predicted molar refractivity (Wildman–Crippen MR) is 111 cm³/mol. The summed E-state index contributed by atoms with van der Waals surface area (Å²) in [6.45, 7) is 3.25. The van der Waals surface area contributed by atoms with Gasteiger partial charge < -0.3 is 19.5 Å². The normalized spacial score (nSPS) is 13.3. The second-order valence-corrected chi connectivity index (χ2v) is 8.13. The molecule has 30 heavy (non-hydrogen) atoms. The second kappa shape index (κ2) is 8.76. The molecule has 10 nitrogen and oxygen atoms in total. The van der Waals surface area contributed by atoms with Crippen molar-refractivity contribution in [3.63, 3.8) is 0 Å². The number of aliphatic hydroxyl groups excluding tert-OH is 1. The van der Waals surface area contributed by atoms with E-state index < -0.39 is 28.6 Å². The van der Waals surface area contributed by atoms with Gasteiger partial charge in [0, 0.05) is 7.05 Å². The van der Waals surface area contributed by atoms with Gasteiger partial charge in [-0.15, -0.1) is 0 Å². The molecule has 3 aromatic rings. The van der Waals surface area contributed by atoms with E-state index in [0.29, 0.717) is 5.75 Å². The van der Waals surface area contributed by atoms with Crippen molar-refractivity contribution >= 4 is 28.9 Å². The van der Waals surface area contributed by atoms with Crippen LogP contribution in [0, 0.1) is 6.92 Å². The lowest BCUT2D eigenvalue weighted by molar-refractivity contribution is -0.136. The molecule has 0 aliphatic carbocycles. The van der Waals surface area contributed by atoms with Gasteiger partial charge in [0.1, 0.15) is 23.7 Å². The lowest BCUT2D eigenvalue weighted by atomic mass is 10.2. The summed E-state index contributed by atoms with van der Waals surface area (Å²) in [5.41, 5.74) is -0.204. The number of aromatic amines is 1. The van der Waals surface area contributed by atoms with Crippen LogP contribution >= 0.6 is 11.8 Å². The highest BCUT2D eigenvalue weighted by Gasteiger charge is 2.23. The van der Waals surface area contributed by atoms with E-state index >= 15 is 0 Å². The molecule has 3 rings (SSSR count). The number of rotatable bonds is 8. The fourth-order valence-corrected chi connectivity index (χ4v) is 3.70. The largest absolute Gasteiger partial charge is 0.491 e. The van der Waals surface area contributed by atoms with Crippen LogP contribution < -0.4 is 16.0 Å². The summed E-state index contributed by atoms with van der Waals surface area (Å²) in [6, 6.07) is 7.36. The number of aliphatic hydroxyl groups is 1.